The van der Waals surface area contributed by atoms with E-state index >= 15 is 0 Å². The van der Waals surface area contributed by atoms with E-state index in [-0.39, 0.29) is 5.97 Å². The van der Waals surface area contributed by atoms with Gasteiger partial charge in [0.1, 0.15) is 12.4 Å². The summed E-state index contributed by atoms with van der Waals surface area (Å²) >= 11 is 0. The molecule has 1 aliphatic rings. The maximum absolute atomic E-state index is 13.0. The van der Waals surface area contributed by atoms with Gasteiger partial charge in [-0.3, -0.25) is 0 Å². The summed E-state index contributed by atoms with van der Waals surface area (Å²) in [6.45, 7) is 4.13. The van der Waals surface area contributed by atoms with E-state index in [1.807, 2.05) is 55.5 Å². The first kappa shape index (κ1) is 17.0. The van der Waals surface area contributed by atoms with Crippen molar-refractivity contribution in [2.45, 2.75) is 19.9 Å². The van der Waals surface area contributed by atoms with Crippen molar-refractivity contribution in [2.24, 2.45) is 0 Å². The van der Waals surface area contributed by atoms with Gasteiger partial charge in [0.2, 0.25) is 5.95 Å². The zero-order valence-corrected chi connectivity index (χ0v) is 15.2. The molecule has 3 aromatic rings. The van der Waals surface area contributed by atoms with Crippen LogP contribution in [-0.4, -0.2) is 27.3 Å². The molecule has 6 nitrogen and oxygen atoms in total. The second-order valence-electron chi connectivity index (χ2n) is 6.35. The summed E-state index contributed by atoms with van der Waals surface area (Å²) in [6.07, 6.45) is 1.49. The lowest BCUT2D eigenvalue weighted by Crippen LogP contribution is -2.30. The minimum absolute atomic E-state index is 0.301. The van der Waals surface area contributed by atoms with Crippen molar-refractivity contribution in [3.8, 4) is 0 Å². The Morgan fingerprint density at radius 1 is 1.19 bits per heavy atom. The van der Waals surface area contributed by atoms with Gasteiger partial charge in [0.25, 0.3) is 0 Å². The number of benzene rings is 2. The number of aryl methyl sites for hydroxylation is 1. The van der Waals surface area contributed by atoms with Crippen LogP contribution in [0.3, 0.4) is 0 Å². The first-order chi connectivity index (χ1) is 13.2. The fourth-order valence-corrected chi connectivity index (χ4v) is 3.37. The quantitative estimate of drug-likeness (QED) is 0.720. The third kappa shape index (κ3) is 3.10. The zero-order valence-electron chi connectivity index (χ0n) is 15.2. The number of ether oxygens (including phenoxy) is 1. The Morgan fingerprint density at radius 3 is 2.74 bits per heavy atom. The van der Waals surface area contributed by atoms with Gasteiger partial charge in [0.15, 0.2) is 0 Å². The largest absolute Gasteiger partial charge is 0.463 e. The molecule has 0 aliphatic carbocycles. The van der Waals surface area contributed by atoms with Crippen molar-refractivity contribution in [3.05, 3.63) is 83.2 Å². The number of carbonyl (C=O) groups is 1. The molecule has 0 saturated carbocycles. The molecule has 1 N–H and O–H groups in total. The number of hydrogen-bond donors (Lipinski definition) is 1. The van der Waals surface area contributed by atoms with Crippen LogP contribution in [0.5, 0.6) is 0 Å². The van der Waals surface area contributed by atoms with Gasteiger partial charge in [0.05, 0.1) is 17.9 Å². The van der Waals surface area contributed by atoms with Gasteiger partial charge in [-0.25, -0.2) is 9.48 Å². The van der Waals surface area contributed by atoms with Crippen LogP contribution in [0.1, 0.15) is 29.7 Å². The molecule has 1 aromatic heterocycles. The minimum Gasteiger partial charge on any atom is -0.463 e. The third-order valence-corrected chi connectivity index (χ3v) is 4.51. The molecule has 0 spiro atoms. The molecule has 27 heavy (non-hydrogen) atoms. The van der Waals surface area contributed by atoms with Crippen molar-refractivity contribution in [2.75, 3.05) is 11.9 Å². The summed E-state index contributed by atoms with van der Waals surface area (Å²) in [5.41, 5.74) is 4.18. The Labute approximate surface area is 157 Å². The summed E-state index contributed by atoms with van der Waals surface area (Å²) < 4.78 is 7.14. The monoisotopic (exact) mass is 360 g/mol. The second kappa shape index (κ2) is 7.07. The predicted octanol–water partition coefficient (Wildman–Crippen LogP) is 3.58. The highest BCUT2D eigenvalue weighted by Crippen LogP contribution is 2.38. The molecule has 0 radical (unpaired) electrons. The van der Waals surface area contributed by atoms with Gasteiger partial charge in [-0.1, -0.05) is 60.2 Å². The van der Waals surface area contributed by atoms with Gasteiger partial charge in [-0.15, -0.1) is 0 Å². The van der Waals surface area contributed by atoms with Gasteiger partial charge >= 0.3 is 5.97 Å². The maximum Gasteiger partial charge on any atom is 0.338 e. The lowest BCUT2D eigenvalue weighted by atomic mass is 9.92. The molecule has 0 saturated heterocycles. The molecule has 2 aromatic carbocycles. The molecule has 1 atom stereocenters. The van der Waals surface area contributed by atoms with Gasteiger partial charge in [-0.05, 0) is 25.0 Å². The van der Waals surface area contributed by atoms with Crippen molar-refractivity contribution in [3.63, 3.8) is 0 Å². The zero-order chi connectivity index (χ0) is 18.8. The maximum atomic E-state index is 13.0. The van der Waals surface area contributed by atoms with E-state index in [1.54, 1.807) is 11.6 Å². The SMILES string of the molecule is CCOC(=O)C1=C(c2ccccc2)Nc2ncnn2[C@@H]1c1cccc(C)c1. The van der Waals surface area contributed by atoms with Crippen LogP contribution in [0, 0.1) is 6.92 Å². The predicted molar refractivity (Wildman–Crippen MR) is 103 cm³/mol. The highest BCUT2D eigenvalue weighted by atomic mass is 16.5. The summed E-state index contributed by atoms with van der Waals surface area (Å²) in [4.78, 5) is 17.3. The molecule has 1 aliphatic heterocycles. The highest BCUT2D eigenvalue weighted by Gasteiger charge is 2.36. The molecule has 2 heterocycles. The number of rotatable bonds is 4. The second-order valence-corrected chi connectivity index (χ2v) is 6.35. The van der Waals surface area contributed by atoms with E-state index in [9.17, 15) is 4.79 Å². The summed E-state index contributed by atoms with van der Waals surface area (Å²) in [6, 6.07) is 17.4. The van der Waals surface area contributed by atoms with Gasteiger partial charge < -0.3 is 10.1 Å². The smallest absolute Gasteiger partial charge is 0.338 e. The Bertz CT molecular complexity index is 1010. The Hall–Kier alpha value is -3.41. The first-order valence-corrected chi connectivity index (χ1v) is 8.89. The molecular formula is C21H20N4O2. The van der Waals surface area contributed by atoms with Crippen LogP contribution in [-0.2, 0) is 9.53 Å². The van der Waals surface area contributed by atoms with Crippen LogP contribution in [0.2, 0.25) is 0 Å². The molecule has 4 rings (SSSR count). The number of anilines is 1. The Kier molecular flexibility index (Phi) is 4.46. The van der Waals surface area contributed by atoms with E-state index in [4.69, 9.17) is 4.74 Å². The Morgan fingerprint density at radius 2 is 2.00 bits per heavy atom. The van der Waals surface area contributed by atoms with E-state index in [1.165, 1.54) is 6.33 Å². The average Bonchev–Trinajstić information content (AvgIpc) is 3.15. The number of aromatic nitrogens is 3. The summed E-state index contributed by atoms with van der Waals surface area (Å²) in [7, 11) is 0. The van der Waals surface area contributed by atoms with Crippen molar-refractivity contribution in [1.29, 1.82) is 0 Å². The molecule has 136 valence electrons. The number of fused-ring (bicyclic) bond motifs is 1. The summed E-state index contributed by atoms with van der Waals surface area (Å²) in [5.74, 6) is 0.227. The fraction of sp³-hybridized carbons (Fsp3) is 0.190. The normalized spacial score (nSPS) is 15.9. The van der Waals surface area contributed by atoms with Crippen molar-refractivity contribution < 1.29 is 9.53 Å². The number of carbonyl (C=O) groups excluding carboxylic acids is 1. The van der Waals surface area contributed by atoms with E-state index < -0.39 is 6.04 Å². The number of esters is 1. The lowest BCUT2D eigenvalue weighted by molar-refractivity contribution is -0.138. The van der Waals surface area contributed by atoms with Gasteiger partial charge in [-0.2, -0.15) is 10.1 Å². The number of hydrogen-bond acceptors (Lipinski definition) is 5. The van der Waals surface area contributed by atoms with E-state index in [2.05, 4.69) is 21.5 Å². The highest BCUT2D eigenvalue weighted by molar-refractivity contribution is 6.02. The minimum atomic E-state index is -0.419. The van der Waals surface area contributed by atoms with Crippen LogP contribution >= 0.6 is 0 Å². The topological polar surface area (TPSA) is 69.0 Å². The number of nitrogens with zero attached hydrogens (tertiary/aromatic N) is 3. The van der Waals surface area contributed by atoms with Crippen LogP contribution in [0.15, 0.2) is 66.5 Å². The van der Waals surface area contributed by atoms with Crippen molar-refractivity contribution in [1.82, 2.24) is 14.8 Å². The van der Waals surface area contributed by atoms with E-state index in [0.29, 0.717) is 23.8 Å². The third-order valence-electron chi connectivity index (χ3n) is 4.51. The summed E-state index contributed by atoms with van der Waals surface area (Å²) in [5, 5.41) is 7.63. The molecule has 0 unspecified atom stereocenters. The molecule has 0 amide bonds. The molecular weight excluding hydrogens is 340 g/mol. The lowest BCUT2D eigenvalue weighted by Gasteiger charge is -2.29. The first-order valence-electron chi connectivity index (χ1n) is 8.89. The fourth-order valence-electron chi connectivity index (χ4n) is 3.37. The van der Waals surface area contributed by atoms with Crippen LogP contribution in [0.4, 0.5) is 5.95 Å². The van der Waals surface area contributed by atoms with Gasteiger partial charge in [0, 0.05) is 0 Å². The molecule has 0 bridgehead atoms. The van der Waals surface area contributed by atoms with Crippen LogP contribution in [0.25, 0.3) is 5.70 Å². The molecule has 0 fully saturated rings. The average molecular weight is 360 g/mol. The van der Waals surface area contributed by atoms with Crippen molar-refractivity contribution >= 4 is 17.6 Å². The van der Waals surface area contributed by atoms with E-state index in [0.717, 1.165) is 16.7 Å². The Balaban J connectivity index is 1.97. The standard InChI is InChI=1S/C21H20N4O2/c1-3-27-20(26)17-18(15-9-5-4-6-10-15)24-21-22-13-23-25(21)19(17)16-11-7-8-14(2)12-16/h4-13,19H,3H2,1-2H3,(H,22,23,24)/t19-/m1/s1. The molecule has 6 heteroatoms. The van der Waals surface area contributed by atoms with Crippen LogP contribution < -0.4 is 5.32 Å². The number of nitrogens with one attached hydrogen (secondary N) is 1.